The molecule has 2 aromatic rings. The number of nitrogens with one attached hydrogen (secondary N) is 1. The second kappa shape index (κ2) is 8.77. The topological polar surface area (TPSA) is 42.0 Å². The Labute approximate surface area is 141 Å². The summed E-state index contributed by atoms with van der Waals surface area (Å²) >= 11 is 1.43. The van der Waals surface area contributed by atoms with E-state index in [0.717, 1.165) is 29.1 Å². The zero-order chi connectivity index (χ0) is 16.7. The first-order chi connectivity index (χ1) is 11.1. The SMILES string of the molecule is CCCCC[C@@H](C)NC(=O)Cc1csc(-c2cccc(F)c2)n1. The molecule has 5 heteroatoms. The third kappa shape index (κ3) is 5.75. The standard InChI is InChI=1S/C18H23FN2OS/c1-3-4-5-7-13(2)20-17(22)11-16-12-23-18(21-16)14-8-6-9-15(19)10-14/h6,8-10,12-13H,3-5,7,11H2,1-2H3,(H,20,22)/t13-/m1/s1. The molecule has 23 heavy (non-hydrogen) atoms. The van der Waals surface area contributed by atoms with Crippen molar-refractivity contribution in [3.8, 4) is 10.6 Å². The summed E-state index contributed by atoms with van der Waals surface area (Å²) in [6, 6.07) is 6.54. The fourth-order valence-corrected chi connectivity index (χ4v) is 3.22. The summed E-state index contributed by atoms with van der Waals surface area (Å²) in [5.74, 6) is -0.289. The van der Waals surface area contributed by atoms with Gasteiger partial charge < -0.3 is 5.32 Å². The van der Waals surface area contributed by atoms with Crippen molar-refractivity contribution in [3.63, 3.8) is 0 Å². The molecular formula is C18H23FN2OS. The maximum Gasteiger partial charge on any atom is 0.226 e. The molecule has 1 heterocycles. The predicted molar refractivity (Wildman–Crippen MR) is 93.0 cm³/mol. The number of unbranched alkanes of at least 4 members (excludes halogenated alkanes) is 2. The van der Waals surface area contributed by atoms with Gasteiger partial charge in [-0.05, 0) is 25.5 Å². The van der Waals surface area contributed by atoms with Crippen LogP contribution in [0.1, 0.15) is 45.2 Å². The number of hydrogen-bond acceptors (Lipinski definition) is 3. The van der Waals surface area contributed by atoms with Gasteiger partial charge in [0, 0.05) is 17.0 Å². The molecule has 2 rings (SSSR count). The number of thiazole rings is 1. The Balaban J connectivity index is 1.87. The van der Waals surface area contributed by atoms with Gasteiger partial charge >= 0.3 is 0 Å². The van der Waals surface area contributed by atoms with Gasteiger partial charge in [-0.2, -0.15) is 0 Å². The minimum absolute atomic E-state index is 0.00918. The van der Waals surface area contributed by atoms with Crippen molar-refractivity contribution < 1.29 is 9.18 Å². The number of halogens is 1. The average molecular weight is 334 g/mol. The molecule has 0 saturated carbocycles. The van der Waals surface area contributed by atoms with Gasteiger partial charge in [-0.1, -0.05) is 38.3 Å². The molecule has 0 aliphatic rings. The molecule has 0 radical (unpaired) electrons. The number of carbonyl (C=O) groups is 1. The summed E-state index contributed by atoms with van der Waals surface area (Å²) < 4.78 is 13.3. The number of nitrogens with zero attached hydrogens (tertiary/aromatic N) is 1. The Bertz CT molecular complexity index is 641. The molecule has 0 spiro atoms. The Hall–Kier alpha value is -1.75. The fourth-order valence-electron chi connectivity index (χ4n) is 2.41. The second-order valence-electron chi connectivity index (χ2n) is 5.80. The van der Waals surface area contributed by atoms with Crippen LogP contribution in [-0.4, -0.2) is 16.9 Å². The lowest BCUT2D eigenvalue weighted by Gasteiger charge is -2.12. The Kier molecular flexibility index (Phi) is 6.71. The van der Waals surface area contributed by atoms with E-state index in [1.807, 2.05) is 18.4 Å². The van der Waals surface area contributed by atoms with E-state index in [-0.39, 0.29) is 24.2 Å². The summed E-state index contributed by atoms with van der Waals surface area (Å²) in [5.41, 5.74) is 1.47. The Morgan fingerprint density at radius 2 is 2.22 bits per heavy atom. The van der Waals surface area contributed by atoms with Crippen molar-refractivity contribution in [2.24, 2.45) is 0 Å². The van der Waals surface area contributed by atoms with Gasteiger partial charge in [0.25, 0.3) is 0 Å². The highest BCUT2D eigenvalue weighted by molar-refractivity contribution is 7.13. The largest absolute Gasteiger partial charge is 0.353 e. The second-order valence-corrected chi connectivity index (χ2v) is 6.65. The first kappa shape index (κ1) is 17.6. The molecule has 1 amide bonds. The van der Waals surface area contributed by atoms with Crippen LogP contribution in [0, 0.1) is 5.82 Å². The molecule has 0 aliphatic heterocycles. The van der Waals surface area contributed by atoms with E-state index >= 15 is 0 Å². The van der Waals surface area contributed by atoms with E-state index in [1.54, 1.807) is 6.07 Å². The molecule has 0 bridgehead atoms. The van der Waals surface area contributed by atoms with Crippen LogP contribution in [0.25, 0.3) is 10.6 Å². The van der Waals surface area contributed by atoms with E-state index in [9.17, 15) is 9.18 Å². The molecule has 1 aromatic carbocycles. The maximum absolute atomic E-state index is 13.3. The number of benzene rings is 1. The third-order valence-electron chi connectivity index (χ3n) is 3.61. The van der Waals surface area contributed by atoms with Crippen LogP contribution in [0.15, 0.2) is 29.6 Å². The average Bonchev–Trinajstić information content (AvgIpc) is 2.95. The number of aromatic nitrogens is 1. The lowest BCUT2D eigenvalue weighted by Crippen LogP contribution is -2.33. The number of amides is 1. The van der Waals surface area contributed by atoms with Gasteiger partial charge in [0.2, 0.25) is 5.91 Å². The Morgan fingerprint density at radius 3 is 2.96 bits per heavy atom. The fraction of sp³-hybridized carbons (Fsp3) is 0.444. The van der Waals surface area contributed by atoms with Crippen LogP contribution < -0.4 is 5.32 Å². The quantitative estimate of drug-likeness (QED) is 0.718. The minimum Gasteiger partial charge on any atom is -0.353 e. The maximum atomic E-state index is 13.3. The normalized spacial score (nSPS) is 12.1. The van der Waals surface area contributed by atoms with Crippen molar-refractivity contribution in [2.75, 3.05) is 0 Å². The van der Waals surface area contributed by atoms with E-state index < -0.39 is 0 Å². The first-order valence-electron chi connectivity index (χ1n) is 8.08. The molecule has 1 aromatic heterocycles. The zero-order valence-electron chi connectivity index (χ0n) is 13.6. The van der Waals surface area contributed by atoms with Gasteiger partial charge in [-0.25, -0.2) is 9.37 Å². The van der Waals surface area contributed by atoms with Crippen molar-refractivity contribution in [3.05, 3.63) is 41.2 Å². The summed E-state index contributed by atoms with van der Waals surface area (Å²) in [7, 11) is 0. The minimum atomic E-state index is -0.280. The molecule has 0 unspecified atom stereocenters. The number of carbonyl (C=O) groups excluding carboxylic acids is 1. The molecular weight excluding hydrogens is 311 g/mol. The monoisotopic (exact) mass is 334 g/mol. The number of rotatable bonds is 8. The van der Waals surface area contributed by atoms with E-state index in [0.29, 0.717) is 0 Å². The summed E-state index contributed by atoms with van der Waals surface area (Å²) in [6.45, 7) is 4.20. The van der Waals surface area contributed by atoms with Gasteiger partial charge in [-0.15, -0.1) is 11.3 Å². The number of hydrogen-bond donors (Lipinski definition) is 1. The highest BCUT2D eigenvalue weighted by Crippen LogP contribution is 2.24. The van der Waals surface area contributed by atoms with Crippen LogP contribution in [0.3, 0.4) is 0 Å². The van der Waals surface area contributed by atoms with Crippen molar-refractivity contribution >= 4 is 17.2 Å². The first-order valence-corrected chi connectivity index (χ1v) is 8.96. The lowest BCUT2D eigenvalue weighted by atomic mass is 10.1. The molecule has 1 N–H and O–H groups in total. The third-order valence-corrected chi connectivity index (χ3v) is 4.55. The van der Waals surface area contributed by atoms with Crippen LogP contribution in [0.5, 0.6) is 0 Å². The van der Waals surface area contributed by atoms with Crippen molar-refractivity contribution in [2.45, 2.75) is 52.0 Å². The predicted octanol–water partition coefficient (Wildman–Crippen LogP) is 4.58. The Morgan fingerprint density at radius 1 is 1.39 bits per heavy atom. The highest BCUT2D eigenvalue weighted by atomic mass is 32.1. The smallest absolute Gasteiger partial charge is 0.226 e. The summed E-state index contributed by atoms with van der Waals surface area (Å²) in [6.07, 6.45) is 4.79. The van der Waals surface area contributed by atoms with Gasteiger partial charge in [0.15, 0.2) is 0 Å². The van der Waals surface area contributed by atoms with Gasteiger partial charge in [0.05, 0.1) is 12.1 Å². The van der Waals surface area contributed by atoms with Crippen molar-refractivity contribution in [1.29, 1.82) is 0 Å². The molecule has 0 saturated heterocycles. The summed E-state index contributed by atoms with van der Waals surface area (Å²) in [4.78, 5) is 16.5. The lowest BCUT2D eigenvalue weighted by molar-refractivity contribution is -0.121. The molecule has 3 nitrogen and oxygen atoms in total. The van der Waals surface area contributed by atoms with E-state index in [1.165, 1.54) is 36.3 Å². The van der Waals surface area contributed by atoms with Crippen LogP contribution in [0.4, 0.5) is 4.39 Å². The van der Waals surface area contributed by atoms with Crippen molar-refractivity contribution in [1.82, 2.24) is 10.3 Å². The van der Waals surface area contributed by atoms with Gasteiger partial charge in [0.1, 0.15) is 10.8 Å². The molecule has 1 atom stereocenters. The molecule has 124 valence electrons. The van der Waals surface area contributed by atoms with Gasteiger partial charge in [-0.3, -0.25) is 4.79 Å². The van der Waals surface area contributed by atoms with Crippen LogP contribution in [-0.2, 0) is 11.2 Å². The van der Waals surface area contributed by atoms with E-state index in [4.69, 9.17) is 0 Å². The zero-order valence-corrected chi connectivity index (χ0v) is 14.5. The molecule has 0 fully saturated rings. The van der Waals surface area contributed by atoms with Crippen LogP contribution in [0.2, 0.25) is 0 Å². The van der Waals surface area contributed by atoms with E-state index in [2.05, 4.69) is 17.2 Å². The van der Waals surface area contributed by atoms with Crippen LogP contribution >= 0.6 is 11.3 Å². The highest BCUT2D eigenvalue weighted by Gasteiger charge is 2.11. The summed E-state index contributed by atoms with van der Waals surface area (Å²) in [5, 5.41) is 5.61. The molecule has 0 aliphatic carbocycles.